The Labute approximate surface area is 466 Å². The van der Waals surface area contributed by atoms with E-state index in [9.17, 15) is 2.74 Å². The maximum absolute atomic E-state index is 9.37. The van der Waals surface area contributed by atoms with E-state index in [0.29, 0.717) is 50.6 Å². The van der Waals surface area contributed by atoms with Crippen molar-refractivity contribution in [2.24, 2.45) is 0 Å². The number of hydrogen-bond donors (Lipinski definition) is 0. The first-order valence-corrected chi connectivity index (χ1v) is 24.5. The van der Waals surface area contributed by atoms with E-state index >= 15 is 0 Å². The molecule has 3 aromatic heterocycles. The fourth-order valence-electron chi connectivity index (χ4n) is 9.65. The third-order valence-electron chi connectivity index (χ3n) is 13.6. The molecule has 3 heterocycles. The Bertz CT molecular complexity index is 4370. The van der Waals surface area contributed by atoms with E-state index in [4.69, 9.17) is 22.1 Å². The molecule has 0 fully saturated rings. The number of benzene rings is 8. The van der Waals surface area contributed by atoms with Crippen LogP contribution in [0, 0.1) is 32.2 Å². The van der Waals surface area contributed by atoms with Gasteiger partial charge in [0.25, 0.3) is 6.33 Å². The average molecular weight is 1160 g/mol. The third kappa shape index (κ3) is 9.32. The van der Waals surface area contributed by atoms with Crippen LogP contribution in [0.25, 0.3) is 83.4 Å². The molecule has 0 N–H and O–H groups in total. The maximum Gasteiger partial charge on any atom is 0.268 e. The van der Waals surface area contributed by atoms with Gasteiger partial charge >= 0.3 is 0 Å². The molecule has 0 atom stereocenters. The molecular weight excluding hydrogens is 1080 g/mol. The van der Waals surface area contributed by atoms with Crippen LogP contribution in [0.3, 0.4) is 0 Å². The smallest absolute Gasteiger partial charge is 0.268 e. The van der Waals surface area contributed by atoms with Gasteiger partial charge in [0.05, 0.1) is 23.6 Å². The Hall–Kier alpha value is -7.33. The molecule has 0 amide bonds. The number of fused-ring (bicyclic) bond motifs is 4. The van der Waals surface area contributed by atoms with Crippen LogP contribution in [-0.4, -0.2) is 14.1 Å². The SMILES string of the molecule is [2H]c1c([2H])c([2H])c(-c2cccc(-c3cc(C(C)(C)C)cc(C(C)(C)C)c3)c2-[n+]2[c-]n(-c3[c-]c(Oc4[c-]c5c(cc4)c4ccccc4n5-c4cc(C(C)(C)C)ccn4)ccc3)c3cc(-c4c(C([2H])([2H])[2H])cccc4C([2H])([2H])[2H])ccc32)c([2H])c1[2H].[Pt]. The van der Waals surface area contributed by atoms with Crippen molar-refractivity contribution in [1.29, 1.82) is 0 Å². The van der Waals surface area contributed by atoms with Gasteiger partial charge in [-0.1, -0.05) is 183 Å². The van der Waals surface area contributed by atoms with Crippen LogP contribution in [0.1, 0.15) is 105 Å². The van der Waals surface area contributed by atoms with E-state index in [1.54, 1.807) is 45.5 Å². The zero-order valence-corrected chi connectivity index (χ0v) is 45.1. The first-order valence-electron chi connectivity index (χ1n) is 30.0. The van der Waals surface area contributed by atoms with Crippen molar-refractivity contribution in [1.82, 2.24) is 14.1 Å². The minimum Gasteiger partial charge on any atom is -0.510 e. The molecule has 0 radical (unpaired) electrons. The number of rotatable bonds is 8. The molecule has 0 bridgehead atoms. The maximum atomic E-state index is 9.37. The standard InChI is InChI=1S/C68H62N4O.Pt/c1-44-20-17-21-45(2)64(44)47-30-33-60-62(38-47)70(43-71(60)65-55(46-22-13-12-14-23-46)27-19-28-56(65)48-36-50(67(6,7)8)39-51(37-48)68(9,10)11)52-24-18-25-53(41-52)73-54-31-32-58-57-26-15-16-29-59(57)72(61(58)42-54)63-40-49(34-35-69-63)66(3,4)5;/h12-40H,1-11H3;/q-2;/i1D3,2D3,12D,13D,14D,22D,23D;. The van der Waals surface area contributed by atoms with E-state index in [1.807, 2.05) is 54.7 Å². The molecule has 0 aliphatic heterocycles. The van der Waals surface area contributed by atoms with Crippen molar-refractivity contribution >= 4 is 32.8 Å². The summed E-state index contributed by atoms with van der Waals surface area (Å²) in [4.78, 5) is 4.84. The zero-order chi connectivity index (χ0) is 60.3. The van der Waals surface area contributed by atoms with Crippen molar-refractivity contribution in [3.63, 3.8) is 0 Å². The molecule has 0 unspecified atom stereocenters. The van der Waals surface area contributed by atoms with Gasteiger partial charge in [0.15, 0.2) is 0 Å². The molecule has 0 saturated carbocycles. The van der Waals surface area contributed by atoms with E-state index in [2.05, 4.69) is 122 Å². The molecule has 0 aliphatic rings. The quantitative estimate of drug-likeness (QED) is 0.112. The topological polar surface area (TPSA) is 35.9 Å². The average Bonchev–Trinajstić information content (AvgIpc) is 3.56. The van der Waals surface area contributed by atoms with Crippen LogP contribution in [0.2, 0.25) is 0 Å². The molecule has 74 heavy (non-hydrogen) atoms. The van der Waals surface area contributed by atoms with Crippen molar-refractivity contribution in [2.45, 2.75) is 92.3 Å². The second-order valence-electron chi connectivity index (χ2n) is 21.8. The van der Waals surface area contributed by atoms with Crippen LogP contribution in [-0.2, 0) is 37.3 Å². The summed E-state index contributed by atoms with van der Waals surface area (Å²) < 4.78 is 109. The van der Waals surface area contributed by atoms with Crippen molar-refractivity contribution in [2.75, 3.05) is 0 Å². The molecule has 6 heteroatoms. The van der Waals surface area contributed by atoms with Crippen molar-refractivity contribution in [3.8, 4) is 62.1 Å². The van der Waals surface area contributed by atoms with E-state index in [-0.39, 0.29) is 59.6 Å². The predicted octanol–water partition coefficient (Wildman–Crippen LogP) is 17.1. The van der Waals surface area contributed by atoms with Gasteiger partial charge in [-0.15, -0.1) is 29.7 Å². The number of pyridine rings is 1. The van der Waals surface area contributed by atoms with Crippen LogP contribution >= 0.6 is 0 Å². The number of imidazole rings is 1. The van der Waals surface area contributed by atoms with Crippen LogP contribution in [0.15, 0.2) is 176 Å². The summed E-state index contributed by atoms with van der Waals surface area (Å²) in [5.74, 6) is 1.44. The first-order chi connectivity index (χ1) is 39.4. The van der Waals surface area contributed by atoms with Gasteiger partial charge in [0.1, 0.15) is 5.82 Å². The Morgan fingerprint density at radius 1 is 0.568 bits per heavy atom. The number of aryl methyl sites for hydroxylation is 2. The normalized spacial score (nSPS) is 14.6. The van der Waals surface area contributed by atoms with Gasteiger partial charge < -0.3 is 13.9 Å². The number of nitrogens with zero attached hydrogens (tertiary/aromatic N) is 4. The Morgan fingerprint density at radius 3 is 1.93 bits per heavy atom. The fourth-order valence-corrected chi connectivity index (χ4v) is 9.65. The van der Waals surface area contributed by atoms with Gasteiger partial charge in [0.2, 0.25) is 0 Å². The summed E-state index contributed by atoms with van der Waals surface area (Å²) in [6, 6.07) is 47.7. The van der Waals surface area contributed by atoms with Gasteiger partial charge in [-0.25, -0.2) is 4.98 Å². The second-order valence-corrected chi connectivity index (χ2v) is 21.8. The summed E-state index contributed by atoms with van der Waals surface area (Å²) in [5, 5.41) is 1.98. The summed E-state index contributed by atoms with van der Waals surface area (Å²) in [5.41, 5.74) is 7.78. The largest absolute Gasteiger partial charge is 0.510 e. The molecule has 0 aliphatic carbocycles. The zero-order valence-electron chi connectivity index (χ0n) is 53.9. The molecular formula is C68H62N4OPt-2. The number of ether oxygens (including phenoxy) is 1. The van der Waals surface area contributed by atoms with Crippen LogP contribution in [0.4, 0.5) is 0 Å². The van der Waals surface area contributed by atoms with Gasteiger partial charge in [0, 0.05) is 52.5 Å². The fraction of sp³-hybridized carbons (Fsp3) is 0.206. The minimum atomic E-state index is -2.70. The number of aromatic nitrogens is 4. The Balaban J connectivity index is 0.00000803. The van der Waals surface area contributed by atoms with Gasteiger partial charge in [-0.3, -0.25) is 4.57 Å². The molecule has 372 valence electrons. The molecule has 11 rings (SSSR count). The Kier molecular flexibility index (Phi) is 9.92. The predicted molar refractivity (Wildman–Crippen MR) is 302 cm³/mol. The molecule has 0 saturated heterocycles. The first kappa shape index (κ1) is 38.3. The summed E-state index contributed by atoms with van der Waals surface area (Å²) in [6.45, 7) is 14.0. The summed E-state index contributed by atoms with van der Waals surface area (Å²) in [7, 11) is 0. The molecule has 8 aromatic carbocycles. The number of hydrogen-bond acceptors (Lipinski definition) is 2. The van der Waals surface area contributed by atoms with Crippen molar-refractivity contribution < 1.29 is 45.4 Å². The van der Waals surface area contributed by atoms with E-state index in [1.165, 1.54) is 18.2 Å². The molecule has 11 aromatic rings. The monoisotopic (exact) mass is 1160 g/mol. The van der Waals surface area contributed by atoms with E-state index in [0.717, 1.165) is 49.9 Å². The molecule has 5 nitrogen and oxygen atoms in total. The van der Waals surface area contributed by atoms with Crippen LogP contribution < -0.4 is 9.30 Å². The minimum absolute atomic E-state index is 0. The van der Waals surface area contributed by atoms with Crippen LogP contribution in [0.5, 0.6) is 11.5 Å². The third-order valence-corrected chi connectivity index (χ3v) is 13.6. The van der Waals surface area contributed by atoms with E-state index < -0.39 is 43.9 Å². The van der Waals surface area contributed by atoms with Gasteiger partial charge in [-0.05, 0) is 126 Å². The summed E-state index contributed by atoms with van der Waals surface area (Å²) in [6.07, 6.45) is 5.43. The van der Waals surface area contributed by atoms with Gasteiger partial charge in [-0.2, -0.15) is 18.2 Å². The Morgan fingerprint density at radius 2 is 1.23 bits per heavy atom. The molecule has 0 spiro atoms. The second kappa shape index (κ2) is 19.2. The summed E-state index contributed by atoms with van der Waals surface area (Å²) >= 11 is 0. The number of para-hydroxylation sites is 2. The van der Waals surface area contributed by atoms with Crippen molar-refractivity contribution in [3.05, 3.63) is 222 Å².